The summed E-state index contributed by atoms with van der Waals surface area (Å²) in [5.74, 6) is -0.820. The molecule has 3 aromatic carbocycles. The number of halogens is 3. The monoisotopic (exact) mass is 552 g/mol. The van der Waals surface area contributed by atoms with Crippen LogP contribution in [-0.2, 0) is 14.8 Å². The molecule has 1 unspecified atom stereocenters. The van der Waals surface area contributed by atoms with E-state index in [1.165, 1.54) is 22.5 Å². The van der Waals surface area contributed by atoms with Gasteiger partial charge in [-0.25, -0.2) is 12.8 Å². The molecule has 7 nitrogen and oxygen atoms in total. The summed E-state index contributed by atoms with van der Waals surface area (Å²) in [5.41, 5.74) is 0.606. The Morgan fingerprint density at radius 2 is 1.81 bits per heavy atom. The molecule has 190 valence electrons. The second kappa shape index (κ2) is 10.6. The Morgan fingerprint density at radius 3 is 2.44 bits per heavy atom. The predicted molar refractivity (Wildman–Crippen MR) is 137 cm³/mol. The molecule has 0 fully saturated rings. The largest absolute Gasteiger partial charge is 0.484 e. The van der Waals surface area contributed by atoms with Gasteiger partial charge in [0.05, 0.1) is 45.4 Å². The third kappa shape index (κ3) is 5.59. The third-order valence-electron chi connectivity index (χ3n) is 5.36. The van der Waals surface area contributed by atoms with Gasteiger partial charge in [0.25, 0.3) is 15.9 Å². The van der Waals surface area contributed by atoms with Crippen molar-refractivity contribution in [2.45, 2.75) is 31.0 Å². The standard InChI is InChI=1S/C25H23Cl2FN2O5S/c1-15(2)34-14-18-13-30(36(32,33)19-9-6-16(28)7-10-19)22-12-17(8-11-23(22)35-18)29-25(31)24-20(26)4-3-5-21(24)27/h3-12,15,18H,13-14H2,1-2H3,(H,29,31). The summed E-state index contributed by atoms with van der Waals surface area (Å²) >= 11 is 12.3. The van der Waals surface area contributed by atoms with Crippen molar-refractivity contribution in [3.63, 3.8) is 0 Å². The van der Waals surface area contributed by atoms with E-state index in [9.17, 15) is 17.6 Å². The zero-order chi connectivity index (χ0) is 26.0. The van der Waals surface area contributed by atoms with Crippen LogP contribution in [0.15, 0.2) is 65.6 Å². The van der Waals surface area contributed by atoms with Crippen molar-refractivity contribution >= 4 is 50.5 Å². The molecule has 1 amide bonds. The van der Waals surface area contributed by atoms with Crippen LogP contribution >= 0.6 is 23.2 Å². The maximum absolute atomic E-state index is 13.6. The molecule has 0 spiro atoms. The Morgan fingerprint density at radius 1 is 1.14 bits per heavy atom. The fourth-order valence-electron chi connectivity index (χ4n) is 3.65. The van der Waals surface area contributed by atoms with Crippen molar-refractivity contribution in [3.05, 3.63) is 82.1 Å². The first-order chi connectivity index (χ1) is 17.1. The molecule has 1 heterocycles. The number of nitrogens with one attached hydrogen (secondary N) is 1. The molecule has 0 radical (unpaired) electrons. The van der Waals surface area contributed by atoms with Crippen LogP contribution < -0.4 is 14.4 Å². The van der Waals surface area contributed by atoms with Crippen molar-refractivity contribution in [1.82, 2.24) is 0 Å². The van der Waals surface area contributed by atoms with Gasteiger partial charge >= 0.3 is 0 Å². The van der Waals surface area contributed by atoms with E-state index in [0.29, 0.717) is 5.69 Å². The summed E-state index contributed by atoms with van der Waals surface area (Å²) in [6.07, 6.45) is -0.663. The van der Waals surface area contributed by atoms with Crippen LogP contribution in [0.2, 0.25) is 10.0 Å². The maximum atomic E-state index is 13.6. The Labute approximate surface area is 218 Å². The van der Waals surface area contributed by atoms with E-state index in [2.05, 4.69) is 5.32 Å². The Balaban J connectivity index is 1.71. The number of ether oxygens (including phenoxy) is 2. The van der Waals surface area contributed by atoms with Crippen molar-refractivity contribution in [2.24, 2.45) is 0 Å². The number of carbonyl (C=O) groups excluding carboxylic acids is 1. The van der Waals surface area contributed by atoms with Gasteiger partial charge in [-0.15, -0.1) is 0 Å². The van der Waals surface area contributed by atoms with Gasteiger partial charge in [0.1, 0.15) is 17.7 Å². The maximum Gasteiger partial charge on any atom is 0.264 e. The molecule has 0 bridgehead atoms. The molecule has 36 heavy (non-hydrogen) atoms. The number of anilines is 2. The van der Waals surface area contributed by atoms with Crippen LogP contribution in [0.3, 0.4) is 0 Å². The highest BCUT2D eigenvalue weighted by atomic mass is 35.5. The highest BCUT2D eigenvalue weighted by molar-refractivity contribution is 7.92. The summed E-state index contributed by atoms with van der Waals surface area (Å²) in [4.78, 5) is 12.8. The molecule has 11 heteroatoms. The quantitative estimate of drug-likeness (QED) is 0.402. The van der Waals surface area contributed by atoms with Gasteiger partial charge < -0.3 is 14.8 Å². The summed E-state index contributed by atoms with van der Waals surface area (Å²) in [6.45, 7) is 3.84. The van der Waals surface area contributed by atoms with Gasteiger partial charge in [-0.05, 0) is 68.4 Å². The van der Waals surface area contributed by atoms with E-state index in [0.717, 1.165) is 12.1 Å². The number of amides is 1. The van der Waals surface area contributed by atoms with E-state index in [1.54, 1.807) is 30.3 Å². The van der Waals surface area contributed by atoms with Gasteiger partial charge in [0.2, 0.25) is 0 Å². The van der Waals surface area contributed by atoms with Gasteiger partial charge in [0, 0.05) is 5.69 Å². The molecule has 1 aliphatic heterocycles. The zero-order valence-electron chi connectivity index (χ0n) is 19.4. The topological polar surface area (TPSA) is 84.9 Å². The first-order valence-electron chi connectivity index (χ1n) is 11.0. The third-order valence-corrected chi connectivity index (χ3v) is 7.78. The van der Waals surface area contributed by atoms with Crippen molar-refractivity contribution in [3.8, 4) is 5.75 Å². The lowest BCUT2D eigenvalue weighted by molar-refractivity contribution is 0.0175. The highest BCUT2D eigenvalue weighted by Crippen LogP contribution is 2.39. The number of benzene rings is 3. The molecule has 0 saturated heterocycles. The van der Waals surface area contributed by atoms with Crippen molar-refractivity contribution in [2.75, 3.05) is 22.8 Å². The van der Waals surface area contributed by atoms with E-state index >= 15 is 0 Å². The number of carbonyl (C=O) groups is 1. The second-order valence-corrected chi connectivity index (χ2v) is 11.0. The molecular formula is C25H23Cl2FN2O5S. The van der Waals surface area contributed by atoms with Crippen molar-refractivity contribution in [1.29, 1.82) is 0 Å². The minimum Gasteiger partial charge on any atom is -0.484 e. The minimum absolute atomic E-state index is 0.0484. The van der Waals surface area contributed by atoms with Gasteiger partial charge in [0.15, 0.2) is 0 Å². The van der Waals surface area contributed by atoms with E-state index in [1.807, 2.05) is 13.8 Å². The average Bonchev–Trinajstić information content (AvgIpc) is 2.82. The smallest absolute Gasteiger partial charge is 0.264 e. The number of rotatable bonds is 7. The number of hydrogen-bond donors (Lipinski definition) is 1. The first-order valence-corrected chi connectivity index (χ1v) is 13.2. The molecule has 3 aromatic rings. The lowest BCUT2D eigenvalue weighted by atomic mass is 10.1. The lowest BCUT2D eigenvalue weighted by Crippen LogP contribution is -2.45. The zero-order valence-corrected chi connectivity index (χ0v) is 21.7. The Bertz CT molecular complexity index is 1360. The Kier molecular flexibility index (Phi) is 7.75. The lowest BCUT2D eigenvalue weighted by Gasteiger charge is -2.36. The predicted octanol–water partition coefficient (Wildman–Crippen LogP) is 5.77. The van der Waals surface area contributed by atoms with Gasteiger partial charge in [-0.1, -0.05) is 29.3 Å². The van der Waals surface area contributed by atoms with E-state index in [-0.39, 0.29) is 51.2 Å². The van der Waals surface area contributed by atoms with E-state index in [4.69, 9.17) is 32.7 Å². The summed E-state index contributed by atoms with van der Waals surface area (Å²) in [7, 11) is -4.10. The fraction of sp³-hybridized carbons (Fsp3) is 0.240. The molecule has 1 N–H and O–H groups in total. The van der Waals surface area contributed by atoms with Crippen LogP contribution in [0.4, 0.5) is 15.8 Å². The molecular weight excluding hydrogens is 530 g/mol. The van der Waals surface area contributed by atoms with Gasteiger partial charge in [-0.3, -0.25) is 9.10 Å². The molecule has 1 atom stereocenters. The van der Waals surface area contributed by atoms with Crippen LogP contribution in [-0.4, -0.2) is 39.7 Å². The SMILES string of the molecule is CC(C)OCC1CN(S(=O)(=O)c2ccc(F)cc2)c2cc(NC(=O)c3c(Cl)cccc3Cl)ccc2O1. The summed E-state index contributed by atoms with van der Waals surface area (Å²) in [5, 5.41) is 3.05. The normalized spacial score (nSPS) is 15.4. The van der Waals surface area contributed by atoms with Crippen LogP contribution in [0.5, 0.6) is 5.75 Å². The fourth-order valence-corrected chi connectivity index (χ4v) is 5.71. The van der Waals surface area contributed by atoms with Crippen LogP contribution in [0.25, 0.3) is 0 Å². The van der Waals surface area contributed by atoms with Crippen LogP contribution in [0.1, 0.15) is 24.2 Å². The average molecular weight is 553 g/mol. The number of sulfonamides is 1. The van der Waals surface area contributed by atoms with Crippen molar-refractivity contribution < 1.29 is 27.1 Å². The number of hydrogen-bond acceptors (Lipinski definition) is 5. The number of fused-ring (bicyclic) bond motifs is 1. The first kappa shape index (κ1) is 26.2. The highest BCUT2D eigenvalue weighted by Gasteiger charge is 2.35. The van der Waals surface area contributed by atoms with E-state index < -0.39 is 27.9 Å². The molecule has 1 aliphatic rings. The minimum atomic E-state index is -4.10. The van der Waals surface area contributed by atoms with Crippen LogP contribution in [0, 0.1) is 5.82 Å². The number of nitrogens with zero attached hydrogens (tertiary/aromatic N) is 1. The summed E-state index contributed by atoms with van der Waals surface area (Å²) < 4.78 is 53.4. The molecule has 0 saturated carbocycles. The summed E-state index contributed by atoms with van der Waals surface area (Å²) in [6, 6.07) is 13.9. The molecule has 4 rings (SSSR count). The second-order valence-electron chi connectivity index (χ2n) is 8.35. The Hall–Kier alpha value is -2.85. The molecule has 0 aromatic heterocycles. The molecule has 0 aliphatic carbocycles. The van der Waals surface area contributed by atoms with Gasteiger partial charge in [-0.2, -0.15) is 0 Å².